The Hall–Kier alpha value is -2.18. The Balaban J connectivity index is 2.64. The Morgan fingerprint density at radius 2 is 2.07 bits per heavy atom. The maximum Gasteiger partial charge on any atom is 0.222 e. The first-order chi connectivity index (χ1) is 6.68. The Morgan fingerprint density at radius 1 is 1.29 bits per heavy atom. The molecule has 6 nitrogen and oxygen atoms in total. The maximum atomic E-state index is 13.4. The van der Waals surface area contributed by atoms with Crippen molar-refractivity contribution in [2.24, 2.45) is 0 Å². The molecule has 0 aliphatic carbocycles. The summed E-state index contributed by atoms with van der Waals surface area (Å²) in [4.78, 5) is 7.18. The molecule has 7 heteroatoms. The second-order valence-electron chi connectivity index (χ2n) is 2.59. The number of nitrogen functional groups attached to an aromatic ring is 2. The first-order valence-electron chi connectivity index (χ1n) is 3.77. The Bertz CT molecular complexity index is 451. The monoisotopic (exact) mass is 194 g/mol. The largest absolute Gasteiger partial charge is 0.381 e. The average Bonchev–Trinajstić information content (AvgIpc) is 2.63. The molecule has 2 aromatic heterocycles. The van der Waals surface area contributed by atoms with Crippen molar-refractivity contribution in [3.63, 3.8) is 0 Å². The molecule has 0 atom stereocenters. The van der Waals surface area contributed by atoms with Crippen molar-refractivity contribution in [3.8, 4) is 11.4 Å². The van der Waals surface area contributed by atoms with Gasteiger partial charge in [-0.05, 0) is 6.07 Å². The van der Waals surface area contributed by atoms with Gasteiger partial charge in [0.2, 0.25) is 5.95 Å². The molecule has 14 heavy (non-hydrogen) atoms. The first-order valence-corrected chi connectivity index (χ1v) is 3.77. The van der Waals surface area contributed by atoms with Gasteiger partial charge in [0.15, 0.2) is 11.6 Å². The number of hydrogen-bond acceptors (Lipinski definition) is 5. The van der Waals surface area contributed by atoms with Gasteiger partial charge < -0.3 is 11.5 Å². The van der Waals surface area contributed by atoms with E-state index in [1.807, 2.05) is 0 Å². The molecule has 0 amide bonds. The molecule has 0 fully saturated rings. The lowest BCUT2D eigenvalue weighted by Crippen LogP contribution is -2.05. The minimum absolute atomic E-state index is 0.00347. The highest BCUT2D eigenvalue weighted by Gasteiger charge is 2.14. The molecule has 0 spiro atoms. The van der Waals surface area contributed by atoms with Crippen LogP contribution in [0, 0.1) is 5.82 Å². The topological polar surface area (TPSA) is 106 Å². The van der Waals surface area contributed by atoms with Crippen molar-refractivity contribution in [2.75, 3.05) is 11.5 Å². The van der Waals surface area contributed by atoms with Gasteiger partial charge in [-0.3, -0.25) is 5.10 Å². The standard InChI is InChI=1S/C7H7FN6/c8-4-5(3-1-2-11-14-3)12-7(10)13-6(4)9/h1-2H,(H,11,14)(H4,9,10,12,13). The van der Waals surface area contributed by atoms with Crippen LogP contribution in [0.3, 0.4) is 0 Å². The van der Waals surface area contributed by atoms with Crippen LogP contribution < -0.4 is 11.5 Å². The van der Waals surface area contributed by atoms with Crippen LogP contribution in [-0.2, 0) is 0 Å². The zero-order chi connectivity index (χ0) is 10.1. The van der Waals surface area contributed by atoms with Crippen LogP contribution in [0.5, 0.6) is 0 Å². The molecule has 72 valence electrons. The van der Waals surface area contributed by atoms with Gasteiger partial charge in [-0.15, -0.1) is 0 Å². The van der Waals surface area contributed by atoms with Crippen LogP contribution >= 0.6 is 0 Å². The number of H-pyrrole nitrogens is 1. The normalized spacial score (nSPS) is 10.4. The summed E-state index contributed by atoms with van der Waals surface area (Å²) in [7, 11) is 0. The van der Waals surface area contributed by atoms with E-state index in [9.17, 15) is 4.39 Å². The van der Waals surface area contributed by atoms with E-state index in [1.165, 1.54) is 0 Å². The highest BCUT2D eigenvalue weighted by Crippen LogP contribution is 2.21. The Kier molecular flexibility index (Phi) is 1.77. The lowest BCUT2D eigenvalue weighted by molar-refractivity contribution is 0.624. The number of halogens is 1. The second-order valence-corrected chi connectivity index (χ2v) is 2.59. The second kappa shape index (κ2) is 2.95. The lowest BCUT2D eigenvalue weighted by atomic mass is 10.3. The molecule has 0 aliphatic rings. The number of nitrogens with two attached hydrogens (primary N) is 2. The predicted molar refractivity (Wildman–Crippen MR) is 48.4 cm³/mol. The van der Waals surface area contributed by atoms with Crippen molar-refractivity contribution in [1.29, 1.82) is 0 Å². The SMILES string of the molecule is Nc1nc(N)c(F)c(-c2cc[nH]n2)n1. The average molecular weight is 194 g/mol. The van der Waals surface area contributed by atoms with Gasteiger partial charge in [0.25, 0.3) is 0 Å². The summed E-state index contributed by atoms with van der Waals surface area (Å²) in [6.45, 7) is 0. The molecule has 0 saturated carbocycles. The third-order valence-electron chi connectivity index (χ3n) is 1.64. The van der Waals surface area contributed by atoms with E-state index in [-0.39, 0.29) is 17.5 Å². The third-order valence-corrected chi connectivity index (χ3v) is 1.64. The zero-order valence-corrected chi connectivity index (χ0v) is 7.03. The molecule has 0 aromatic carbocycles. The number of nitrogens with zero attached hydrogens (tertiary/aromatic N) is 3. The first kappa shape index (κ1) is 8.42. The fourth-order valence-corrected chi connectivity index (χ4v) is 1.04. The molecule has 0 radical (unpaired) electrons. The van der Waals surface area contributed by atoms with E-state index in [1.54, 1.807) is 12.3 Å². The fraction of sp³-hybridized carbons (Fsp3) is 0. The van der Waals surface area contributed by atoms with Crippen LogP contribution in [0.2, 0.25) is 0 Å². The number of aromatic nitrogens is 4. The smallest absolute Gasteiger partial charge is 0.222 e. The van der Waals surface area contributed by atoms with Gasteiger partial charge >= 0.3 is 0 Å². The molecule has 2 aromatic rings. The molecular formula is C7H7FN6. The Labute approximate surface area is 78.2 Å². The van der Waals surface area contributed by atoms with Gasteiger partial charge in [0.1, 0.15) is 11.4 Å². The van der Waals surface area contributed by atoms with Crippen molar-refractivity contribution < 1.29 is 4.39 Å². The van der Waals surface area contributed by atoms with Crippen molar-refractivity contribution in [1.82, 2.24) is 20.2 Å². The summed E-state index contributed by atoms with van der Waals surface area (Å²) in [6.07, 6.45) is 1.54. The summed E-state index contributed by atoms with van der Waals surface area (Å²) in [5, 5.41) is 6.30. The quantitative estimate of drug-likeness (QED) is 0.599. The molecule has 5 N–H and O–H groups in total. The minimum atomic E-state index is -0.716. The summed E-state index contributed by atoms with van der Waals surface area (Å²) < 4.78 is 13.4. The summed E-state index contributed by atoms with van der Waals surface area (Å²) in [5.74, 6) is -1.08. The van der Waals surface area contributed by atoms with E-state index in [0.29, 0.717) is 5.69 Å². The van der Waals surface area contributed by atoms with Gasteiger partial charge in [-0.1, -0.05) is 0 Å². The van der Waals surface area contributed by atoms with E-state index >= 15 is 0 Å². The summed E-state index contributed by atoms with van der Waals surface area (Å²) in [6, 6.07) is 1.56. The van der Waals surface area contributed by atoms with Crippen LogP contribution in [-0.4, -0.2) is 20.2 Å². The van der Waals surface area contributed by atoms with E-state index in [4.69, 9.17) is 11.5 Å². The molecule has 2 rings (SSSR count). The Morgan fingerprint density at radius 3 is 2.71 bits per heavy atom. The molecule has 0 unspecified atom stereocenters. The minimum Gasteiger partial charge on any atom is -0.381 e. The third kappa shape index (κ3) is 1.24. The van der Waals surface area contributed by atoms with Crippen LogP contribution in [0.4, 0.5) is 16.2 Å². The van der Waals surface area contributed by atoms with E-state index in [2.05, 4.69) is 20.2 Å². The van der Waals surface area contributed by atoms with Gasteiger partial charge in [-0.25, -0.2) is 9.37 Å². The van der Waals surface area contributed by atoms with Crippen molar-refractivity contribution in [3.05, 3.63) is 18.1 Å². The number of hydrogen-bond donors (Lipinski definition) is 3. The lowest BCUT2D eigenvalue weighted by Gasteiger charge is -2.01. The zero-order valence-electron chi connectivity index (χ0n) is 7.03. The molecule has 0 bridgehead atoms. The molecular weight excluding hydrogens is 187 g/mol. The van der Waals surface area contributed by atoms with Crippen molar-refractivity contribution >= 4 is 11.8 Å². The highest BCUT2D eigenvalue weighted by atomic mass is 19.1. The number of anilines is 2. The van der Waals surface area contributed by atoms with Crippen LogP contribution in [0.15, 0.2) is 12.3 Å². The highest BCUT2D eigenvalue weighted by molar-refractivity contribution is 5.60. The number of rotatable bonds is 1. The summed E-state index contributed by atoms with van der Waals surface area (Å²) >= 11 is 0. The predicted octanol–water partition coefficient (Wildman–Crippen LogP) is 0.170. The van der Waals surface area contributed by atoms with Crippen LogP contribution in [0.1, 0.15) is 0 Å². The number of aromatic amines is 1. The maximum absolute atomic E-state index is 13.4. The summed E-state index contributed by atoms with van der Waals surface area (Å²) in [5.41, 5.74) is 10.9. The fourth-order valence-electron chi connectivity index (χ4n) is 1.04. The van der Waals surface area contributed by atoms with E-state index in [0.717, 1.165) is 0 Å². The van der Waals surface area contributed by atoms with Gasteiger partial charge in [0.05, 0.1) is 0 Å². The molecule has 0 aliphatic heterocycles. The van der Waals surface area contributed by atoms with E-state index < -0.39 is 5.82 Å². The molecule has 2 heterocycles. The number of nitrogens with one attached hydrogen (secondary N) is 1. The van der Waals surface area contributed by atoms with Crippen LogP contribution in [0.25, 0.3) is 11.4 Å². The van der Waals surface area contributed by atoms with Gasteiger partial charge in [0, 0.05) is 6.20 Å². The van der Waals surface area contributed by atoms with Crippen molar-refractivity contribution in [2.45, 2.75) is 0 Å². The molecule has 0 saturated heterocycles. The van der Waals surface area contributed by atoms with Gasteiger partial charge in [-0.2, -0.15) is 10.1 Å².